The molecule has 2 aromatic carbocycles. The molecule has 1 aliphatic heterocycles. The number of aryl methyl sites for hydroxylation is 2. The molecule has 28 heavy (non-hydrogen) atoms. The second-order valence-electron chi connectivity index (χ2n) is 7.12. The van der Waals surface area contributed by atoms with Gasteiger partial charge in [-0.25, -0.2) is 13.2 Å². The number of nitrogens with zero attached hydrogens (tertiary/aromatic N) is 1. The van der Waals surface area contributed by atoms with E-state index in [1.807, 2.05) is 32.0 Å². The number of hydrogen-bond donors (Lipinski definition) is 0. The van der Waals surface area contributed by atoms with Gasteiger partial charge in [0.25, 0.3) is 0 Å². The molecule has 1 aliphatic rings. The summed E-state index contributed by atoms with van der Waals surface area (Å²) in [6.07, 6.45) is 2.67. The molecular formula is C21H24ClNO4S. The molecule has 2 aromatic rings. The molecule has 3 rings (SSSR count). The average Bonchev–Trinajstić information content (AvgIpc) is 2.69. The summed E-state index contributed by atoms with van der Waals surface area (Å²) in [6.45, 7) is 5.00. The third-order valence-corrected chi connectivity index (χ3v) is 7.34. The molecule has 150 valence electrons. The second kappa shape index (κ2) is 8.64. The molecule has 0 atom stereocenters. The minimum absolute atomic E-state index is 0.0442. The summed E-state index contributed by atoms with van der Waals surface area (Å²) in [5.74, 6) is -0.576. The lowest BCUT2D eigenvalue weighted by Gasteiger charge is -2.26. The van der Waals surface area contributed by atoms with Crippen LogP contribution in [-0.2, 0) is 21.4 Å². The number of piperidine rings is 1. The lowest BCUT2D eigenvalue weighted by molar-refractivity contribution is 0.0471. The van der Waals surface area contributed by atoms with Gasteiger partial charge in [-0.2, -0.15) is 4.31 Å². The molecule has 0 radical (unpaired) electrons. The fraction of sp³-hybridized carbons (Fsp3) is 0.381. The van der Waals surface area contributed by atoms with Crippen molar-refractivity contribution in [1.29, 1.82) is 0 Å². The lowest BCUT2D eigenvalue weighted by Crippen LogP contribution is -2.35. The Hall–Kier alpha value is -1.89. The molecule has 0 spiro atoms. The molecule has 0 amide bonds. The number of esters is 1. The van der Waals surface area contributed by atoms with Crippen LogP contribution >= 0.6 is 11.6 Å². The van der Waals surface area contributed by atoms with Crippen LogP contribution in [0.3, 0.4) is 0 Å². The maximum atomic E-state index is 12.9. The van der Waals surface area contributed by atoms with Crippen LogP contribution in [-0.4, -0.2) is 31.8 Å². The highest BCUT2D eigenvalue weighted by molar-refractivity contribution is 7.89. The molecule has 0 saturated carbocycles. The highest BCUT2D eigenvalue weighted by atomic mass is 35.5. The molecule has 7 heteroatoms. The zero-order valence-electron chi connectivity index (χ0n) is 16.1. The predicted molar refractivity (Wildman–Crippen MR) is 109 cm³/mol. The van der Waals surface area contributed by atoms with Gasteiger partial charge >= 0.3 is 5.97 Å². The molecule has 1 heterocycles. The number of sulfonamides is 1. The number of ether oxygens (including phenoxy) is 1. The summed E-state index contributed by atoms with van der Waals surface area (Å²) in [7, 11) is -3.73. The first-order valence-electron chi connectivity index (χ1n) is 9.32. The molecule has 1 saturated heterocycles. The van der Waals surface area contributed by atoms with Crippen molar-refractivity contribution < 1.29 is 17.9 Å². The normalized spacial score (nSPS) is 15.4. The van der Waals surface area contributed by atoms with E-state index in [2.05, 4.69) is 0 Å². The first-order valence-corrected chi connectivity index (χ1v) is 11.1. The van der Waals surface area contributed by atoms with Crippen molar-refractivity contribution in [2.24, 2.45) is 0 Å². The van der Waals surface area contributed by atoms with Gasteiger partial charge in [-0.3, -0.25) is 0 Å². The number of carbonyl (C=O) groups is 1. The summed E-state index contributed by atoms with van der Waals surface area (Å²) < 4.78 is 32.7. The van der Waals surface area contributed by atoms with E-state index in [9.17, 15) is 13.2 Å². The molecule has 0 N–H and O–H groups in total. The van der Waals surface area contributed by atoms with Crippen LogP contribution < -0.4 is 0 Å². The van der Waals surface area contributed by atoms with Crippen LogP contribution in [0, 0.1) is 13.8 Å². The van der Waals surface area contributed by atoms with Gasteiger partial charge in [-0.1, -0.05) is 41.8 Å². The van der Waals surface area contributed by atoms with Crippen molar-refractivity contribution in [3.63, 3.8) is 0 Å². The van der Waals surface area contributed by atoms with Crippen LogP contribution in [0.5, 0.6) is 0 Å². The Morgan fingerprint density at radius 1 is 1.07 bits per heavy atom. The first kappa shape index (κ1) is 20.8. The molecule has 5 nitrogen and oxygen atoms in total. The van der Waals surface area contributed by atoms with Crippen molar-refractivity contribution in [2.75, 3.05) is 13.1 Å². The van der Waals surface area contributed by atoms with E-state index >= 15 is 0 Å². The number of benzene rings is 2. The molecule has 1 fully saturated rings. The summed E-state index contributed by atoms with van der Waals surface area (Å²) in [5.41, 5.74) is 3.20. The van der Waals surface area contributed by atoms with E-state index in [1.165, 1.54) is 22.5 Å². The standard InChI is InChI=1S/C21H24ClNO4S/c1-15-6-7-16(2)18(12-15)14-27-21(24)17-8-9-19(22)20(13-17)28(25,26)23-10-4-3-5-11-23/h6-9,12-13H,3-5,10-11,14H2,1-2H3. The fourth-order valence-corrected chi connectivity index (χ4v) is 5.27. The number of carbonyl (C=O) groups excluding carboxylic acids is 1. The second-order valence-corrected chi connectivity index (χ2v) is 9.43. The van der Waals surface area contributed by atoms with Gasteiger partial charge in [-0.05, 0) is 56.0 Å². The smallest absolute Gasteiger partial charge is 0.338 e. The van der Waals surface area contributed by atoms with Gasteiger partial charge in [0, 0.05) is 13.1 Å². The van der Waals surface area contributed by atoms with Gasteiger partial charge in [-0.15, -0.1) is 0 Å². The zero-order valence-corrected chi connectivity index (χ0v) is 17.6. The number of hydrogen-bond acceptors (Lipinski definition) is 4. The van der Waals surface area contributed by atoms with Crippen molar-refractivity contribution in [2.45, 2.75) is 44.6 Å². The van der Waals surface area contributed by atoms with E-state index in [-0.39, 0.29) is 22.1 Å². The average molecular weight is 422 g/mol. The Kier molecular flexibility index (Phi) is 6.43. The van der Waals surface area contributed by atoms with Crippen LogP contribution in [0.2, 0.25) is 5.02 Å². The van der Waals surface area contributed by atoms with Gasteiger partial charge in [0.05, 0.1) is 10.6 Å². The summed E-state index contributed by atoms with van der Waals surface area (Å²) in [6, 6.07) is 10.2. The Labute approximate surface area is 171 Å². The molecular weight excluding hydrogens is 398 g/mol. The highest BCUT2D eigenvalue weighted by Gasteiger charge is 2.29. The number of halogens is 1. The van der Waals surface area contributed by atoms with Crippen LogP contribution in [0.4, 0.5) is 0 Å². The predicted octanol–water partition coefficient (Wildman–Crippen LogP) is 4.49. The van der Waals surface area contributed by atoms with Crippen molar-refractivity contribution in [1.82, 2.24) is 4.31 Å². The van der Waals surface area contributed by atoms with Crippen molar-refractivity contribution >= 4 is 27.6 Å². The first-order chi connectivity index (χ1) is 13.3. The van der Waals surface area contributed by atoms with E-state index in [0.717, 1.165) is 36.0 Å². The Balaban J connectivity index is 1.80. The topological polar surface area (TPSA) is 63.7 Å². The minimum Gasteiger partial charge on any atom is -0.457 e. The number of rotatable bonds is 5. The summed E-state index contributed by atoms with van der Waals surface area (Å²) in [4.78, 5) is 12.5. The van der Waals surface area contributed by atoms with E-state index in [0.29, 0.717) is 13.1 Å². The molecule has 0 aromatic heterocycles. The highest BCUT2D eigenvalue weighted by Crippen LogP contribution is 2.28. The third kappa shape index (κ3) is 4.57. The van der Waals surface area contributed by atoms with Gasteiger partial charge < -0.3 is 4.74 Å². The lowest BCUT2D eigenvalue weighted by atomic mass is 10.1. The van der Waals surface area contributed by atoms with Crippen LogP contribution in [0.1, 0.15) is 46.3 Å². The van der Waals surface area contributed by atoms with E-state index in [1.54, 1.807) is 0 Å². The van der Waals surface area contributed by atoms with Crippen LogP contribution in [0.25, 0.3) is 0 Å². The fourth-order valence-electron chi connectivity index (χ4n) is 3.25. The van der Waals surface area contributed by atoms with Crippen molar-refractivity contribution in [3.8, 4) is 0 Å². The Morgan fingerprint density at radius 3 is 2.50 bits per heavy atom. The van der Waals surface area contributed by atoms with Crippen LogP contribution in [0.15, 0.2) is 41.3 Å². The minimum atomic E-state index is -3.73. The maximum absolute atomic E-state index is 12.9. The Bertz CT molecular complexity index is 982. The van der Waals surface area contributed by atoms with Gasteiger partial charge in [0.2, 0.25) is 10.0 Å². The van der Waals surface area contributed by atoms with Crippen molar-refractivity contribution in [3.05, 3.63) is 63.7 Å². The Morgan fingerprint density at radius 2 is 1.79 bits per heavy atom. The SMILES string of the molecule is Cc1ccc(C)c(COC(=O)c2ccc(Cl)c(S(=O)(=O)N3CCCCC3)c2)c1. The molecule has 0 aliphatic carbocycles. The van der Waals surface area contributed by atoms with Gasteiger partial charge in [0.15, 0.2) is 0 Å². The van der Waals surface area contributed by atoms with E-state index in [4.69, 9.17) is 16.3 Å². The zero-order chi connectivity index (χ0) is 20.3. The quantitative estimate of drug-likeness (QED) is 0.667. The van der Waals surface area contributed by atoms with E-state index < -0.39 is 16.0 Å². The largest absolute Gasteiger partial charge is 0.457 e. The summed E-state index contributed by atoms with van der Waals surface area (Å²) in [5, 5.41) is 0.108. The summed E-state index contributed by atoms with van der Waals surface area (Å²) >= 11 is 6.16. The van der Waals surface area contributed by atoms with Gasteiger partial charge in [0.1, 0.15) is 11.5 Å². The maximum Gasteiger partial charge on any atom is 0.338 e. The molecule has 0 unspecified atom stereocenters. The molecule has 0 bridgehead atoms. The monoisotopic (exact) mass is 421 g/mol. The third-order valence-electron chi connectivity index (χ3n) is 4.96.